The predicted molar refractivity (Wildman–Crippen MR) is 106 cm³/mol. The zero-order valence-electron chi connectivity index (χ0n) is 15.4. The maximum Gasteiger partial charge on any atom is 0.164 e. The van der Waals surface area contributed by atoms with E-state index in [1.807, 2.05) is 19.1 Å². The number of hydrogen-bond acceptors (Lipinski definition) is 5. The van der Waals surface area contributed by atoms with Crippen molar-refractivity contribution < 1.29 is 0 Å². The van der Waals surface area contributed by atoms with Crippen LogP contribution in [0.5, 0.6) is 0 Å². The van der Waals surface area contributed by atoms with E-state index in [0.29, 0.717) is 5.92 Å². The molecule has 4 rings (SSSR count). The van der Waals surface area contributed by atoms with Gasteiger partial charge in [-0.15, -0.1) is 0 Å². The minimum Gasteiger partial charge on any atom is -0.368 e. The number of likely N-dealkylation sites (tertiary alicyclic amines) is 1. The van der Waals surface area contributed by atoms with Gasteiger partial charge in [0, 0.05) is 25.8 Å². The van der Waals surface area contributed by atoms with E-state index < -0.39 is 0 Å². The van der Waals surface area contributed by atoms with Crippen LogP contribution in [0.25, 0.3) is 11.0 Å². The molecule has 0 amide bonds. The molecule has 134 valence electrons. The van der Waals surface area contributed by atoms with Gasteiger partial charge in [-0.1, -0.05) is 24.3 Å². The molecule has 3 heterocycles. The topological polar surface area (TPSA) is 53.9 Å². The fourth-order valence-electron chi connectivity index (χ4n) is 3.87. The van der Waals surface area contributed by atoms with Crippen LogP contribution in [0.1, 0.15) is 29.3 Å². The van der Waals surface area contributed by atoms with Gasteiger partial charge in [0.1, 0.15) is 11.6 Å². The lowest BCUT2D eigenvalue weighted by Gasteiger charge is -2.18. The highest BCUT2D eigenvalue weighted by molar-refractivity contribution is 5.86. The van der Waals surface area contributed by atoms with Crippen LogP contribution in [0.15, 0.2) is 42.6 Å². The fourth-order valence-corrected chi connectivity index (χ4v) is 3.87. The molecule has 1 aromatic carbocycles. The maximum atomic E-state index is 4.56. The SMILES string of the molecule is Cc1nc(NCCN2CC[C@H](c3ccccc3C)C2)c2cccnc2n1. The van der Waals surface area contributed by atoms with Crippen molar-refractivity contribution in [2.75, 3.05) is 31.5 Å². The molecular weight excluding hydrogens is 322 g/mol. The predicted octanol–water partition coefficient (Wildman–Crippen LogP) is 3.54. The molecule has 0 bridgehead atoms. The largest absolute Gasteiger partial charge is 0.368 e. The third-order valence-electron chi connectivity index (χ3n) is 5.20. The number of hydrogen-bond donors (Lipinski definition) is 1. The maximum absolute atomic E-state index is 4.56. The smallest absolute Gasteiger partial charge is 0.164 e. The van der Waals surface area contributed by atoms with E-state index in [1.165, 1.54) is 17.5 Å². The molecule has 2 aromatic heterocycles. The van der Waals surface area contributed by atoms with E-state index in [4.69, 9.17) is 0 Å². The third kappa shape index (κ3) is 3.53. The highest BCUT2D eigenvalue weighted by atomic mass is 15.2. The summed E-state index contributed by atoms with van der Waals surface area (Å²) in [6.07, 6.45) is 3.01. The van der Waals surface area contributed by atoms with Gasteiger partial charge in [0.25, 0.3) is 0 Å². The van der Waals surface area contributed by atoms with Crippen LogP contribution < -0.4 is 5.32 Å². The Morgan fingerprint density at radius 2 is 2.00 bits per heavy atom. The van der Waals surface area contributed by atoms with Gasteiger partial charge in [-0.25, -0.2) is 15.0 Å². The van der Waals surface area contributed by atoms with Crippen molar-refractivity contribution >= 4 is 16.9 Å². The summed E-state index contributed by atoms with van der Waals surface area (Å²) in [4.78, 5) is 15.8. The number of nitrogens with zero attached hydrogens (tertiary/aromatic N) is 4. The van der Waals surface area contributed by atoms with E-state index in [2.05, 4.69) is 56.4 Å². The number of aromatic nitrogens is 3. The fraction of sp³-hybridized carbons (Fsp3) is 0.381. The van der Waals surface area contributed by atoms with Crippen molar-refractivity contribution in [2.45, 2.75) is 26.2 Å². The highest BCUT2D eigenvalue weighted by Gasteiger charge is 2.24. The Morgan fingerprint density at radius 1 is 1.12 bits per heavy atom. The molecule has 1 fully saturated rings. The highest BCUT2D eigenvalue weighted by Crippen LogP contribution is 2.29. The molecule has 1 atom stereocenters. The molecule has 26 heavy (non-hydrogen) atoms. The van der Waals surface area contributed by atoms with Gasteiger partial charge in [-0.2, -0.15) is 0 Å². The molecular formula is C21H25N5. The number of aryl methyl sites for hydroxylation is 2. The minimum absolute atomic E-state index is 0.655. The molecule has 1 saturated heterocycles. The van der Waals surface area contributed by atoms with Crippen LogP contribution in [0.4, 0.5) is 5.82 Å². The average molecular weight is 347 g/mol. The lowest BCUT2D eigenvalue weighted by Crippen LogP contribution is -2.27. The lowest BCUT2D eigenvalue weighted by atomic mass is 9.94. The first kappa shape index (κ1) is 16.9. The van der Waals surface area contributed by atoms with Crippen molar-refractivity contribution in [2.24, 2.45) is 0 Å². The quantitative estimate of drug-likeness (QED) is 0.765. The Bertz CT molecular complexity index is 908. The number of fused-ring (bicyclic) bond motifs is 1. The van der Waals surface area contributed by atoms with Crippen molar-refractivity contribution in [1.82, 2.24) is 19.9 Å². The van der Waals surface area contributed by atoms with E-state index in [9.17, 15) is 0 Å². The summed E-state index contributed by atoms with van der Waals surface area (Å²) in [7, 11) is 0. The number of benzene rings is 1. The summed E-state index contributed by atoms with van der Waals surface area (Å²) in [5.41, 5.74) is 3.67. The Hall–Kier alpha value is -2.53. The average Bonchev–Trinajstić information content (AvgIpc) is 3.10. The molecule has 1 aliphatic rings. The van der Waals surface area contributed by atoms with Gasteiger partial charge >= 0.3 is 0 Å². The number of nitrogens with one attached hydrogen (secondary N) is 1. The molecule has 0 aliphatic carbocycles. The Balaban J connectivity index is 1.37. The Labute approximate surface area is 154 Å². The van der Waals surface area contributed by atoms with Gasteiger partial charge < -0.3 is 10.2 Å². The van der Waals surface area contributed by atoms with Crippen molar-refractivity contribution in [1.29, 1.82) is 0 Å². The first-order valence-electron chi connectivity index (χ1n) is 9.32. The molecule has 1 N–H and O–H groups in total. The molecule has 3 aromatic rings. The standard InChI is InChI=1S/C21H25N5/c1-15-6-3-4-7-18(15)17-9-12-26(14-17)13-11-23-21-19-8-5-10-22-20(19)24-16(2)25-21/h3-8,10,17H,9,11-14H2,1-2H3,(H,22,23,24,25)/t17-/m0/s1. The first-order chi connectivity index (χ1) is 12.7. The second kappa shape index (κ2) is 7.38. The van der Waals surface area contributed by atoms with Gasteiger partial charge in [0.2, 0.25) is 0 Å². The summed E-state index contributed by atoms with van der Waals surface area (Å²) < 4.78 is 0. The summed E-state index contributed by atoms with van der Waals surface area (Å²) in [6.45, 7) is 8.32. The van der Waals surface area contributed by atoms with Gasteiger partial charge in [0.05, 0.1) is 5.39 Å². The van der Waals surface area contributed by atoms with Gasteiger partial charge in [0.15, 0.2) is 5.65 Å². The van der Waals surface area contributed by atoms with Crippen molar-refractivity contribution in [3.63, 3.8) is 0 Å². The van der Waals surface area contributed by atoms with Crippen molar-refractivity contribution in [3.05, 3.63) is 59.5 Å². The van der Waals surface area contributed by atoms with Crippen LogP contribution in [0.2, 0.25) is 0 Å². The first-order valence-corrected chi connectivity index (χ1v) is 9.32. The summed E-state index contributed by atoms with van der Waals surface area (Å²) in [5, 5.41) is 4.47. The van der Waals surface area contributed by atoms with E-state index >= 15 is 0 Å². The van der Waals surface area contributed by atoms with E-state index in [1.54, 1.807) is 6.20 Å². The van der Waals surface area contributed by atoms with Crippen LogP contribution >= 0.6 is 0 Å². The monoisotopic (exact) mass is 347 g/mol. The van der Waals surface area contributed by atoms with Crippen LogP contribution in [0.3, 0.4) is 0 Å². The molecule has 0 spiro atoms. The van der Waals surface area contributed by atoms with Gasteiger partial charge in [-0.05, 0) is 56.0 Å². The third-order valence-corrected chi connectivity index (χ3v) is 5.20. The summed E-state index contributed by atoms with van der Waals surface area (Å²) in [5.74, 6) is 2.29. The van der Waals surface area contributed by atoms with Gasteiger partial charge in [-0.3, -0.25) is 0 Å². The minimum atomic E-state index is 0.655. The molecule has 0 radical (unpaired) electrons. The second-order valence-corrected chi connectivity index (χ2v) is 7.06. The van der Waals surface area contributed by atoms with Crippen LogP contribution in [-0.4, -0.2) is 46.0 Å². The molecule has 5 heteroatoms. The molecule has 5 nitrogen and oxygen atoms in total. The molecule has 0 unspecified atom stereocenters. The number of pyridine rings is 1. The zero-order valence-corrected chi connectivity index (χ0v) is 15.4. The Morgan fingerprint density at radius 3 is 2.88 bits per heavy atom. The number of anilines is 1. The summed E-state index contributed by atoms with van der Waals surface area (Å²) >= 11 is 0. The molecule has 1 aliphatic heterocycles. The van der Waals surface area contributed by atoms with Crippen LogP contribution in [0, 0.1) is 13.8 Å². The zero-order chi connectivity index (χ0) is 17.9. The normalized spacial score (nSPS) is 17.7. The Kier molecular flexibility index (Phi) is 4.80. The van der Waals surface area contributed by atoms with Crippen molar-refractivity contribution in [3.8, 4) is 0 Å². The van der Waals surface area contributed by atoms with E-state index in [-0.39, 0.29) is 0 Å². The van der Waals surface area contributed by atoms with E-state index in [0.717, 1.165) is 48.9 Å². The second-order valence-electron chi connectivity index (χ2n) is 7.06. The number of rotatable bonds is 5. The summed E-state index contributed by atoms with van der Waals surface area (Å²) in [6, 6.07) is 12.7. The van der Waals surface area contributed by atoms with Crippen LogP contribution in [-0.2, 0) is 0 Å². The molecule has 0 saturated carbocycles. The lowest BCUT2D eigenvalue weighted by molar-refractivity contribution is 0.347.